The van der Waals surface area contributed by atoms with Crippen LogP contribution in [0.1, 0.15) is 37.1 Å². The Morgan fingerprint density at radius 2 is 1.92 bits per heavy atom. The highest BCUT2D eigenvalue weighted by atomic mass is 32.2. The second-order valence-electron chi connectivity index (χ2n) is 6.74. The second-order valence-corrected chi connectivity index (χ2v) is 8.52. The number of rotatable bonds is 4. The van der Waals surface area contributed by atoms with Crippen LogP contribution in [0.15, 0.2) is 23.5 Å². The van der Waals surface area contributed by atoms with Gasteiger partial charge >= 0.3 is 0 Å². The molecule has 25 heavy (non-hydrogen) atoms. The number of H-pyrrole nitrogens is 1. The molecule has 2 aromatic heterocycles. The van der Waals surface area contributed by atoms with Crippen molar-refractivity contribution in [3.8, 4) is 5.88 Å². The third-order valence-electron chi connectivity index (χ3n) is 5.05. The van der Waals surface area contributed by atoms with Crippen LogP contribution in [0.2, 0.25) is 0 Å². The predicted octanol–water partition coefficient (Wildman–Crippen LogP) is 1.58. The van der Waals surface area contributed by atoms with Crippen molar-refractivity contribution in [1.29, 1.82) is 0 Å². The van der Waals surface area contributed by atoms with Crippen LogP contribution in [0.3, 0.4) is 0 Å². The minimum atomic E-state index is -3.56. The lowest BCUT2D eigenvalue weighted by Crippen LogP contribution is -2.49. The lowest BCUT2D eigenvalue weighted by atomic mass is 10.0. The molecule has 0 radical (unpaired) electrons. The first-order valence-electron chi connectivity index (χ1n) is 8.44. The van der Waals surface area contributed by atoms with Crippen molar-refractivity contribution >= 4 is 10.0 Å². The average Bonchev–Trinajstić information content (AvgIpc) is 3.06. The Morgan fingerprint density at radius 3 is 2.48 bits per heavy atom. The zero-order valence-electron chi connectivity index (χ0n) is 14.2. The molecule has 3 atom stereocenters. The van der Waals surface area contributed by atoms with Crippen LogP contribution in [0.4, 0.5) is 0 Å². The minimum Gasteiger partial charge on any atom is -0.473 e. The highest BCUT2D eigenvalue weighted by molar-refractivity contribution is 7.89. The summed E-state index contributed by atoms with van der Waals surface area (Å²) < 4.78 is 34.0. The van der Waals surface area contributed by atoms with Crippen LogP contribution in [0.25, 0.3) is 0 Å². The molecule has 2 fully saturated rings. The number of piperidine rings is 1. The van der Waals surface area contributed by atoms with E-state index in [1.165, 1.54) is 0 Å². The van der Waals surface area contributed by atoms with E-state index in [1.807, 2.05) is 0 Å². The summed E-state index contributed by atoms with van der Waals surface area (Å²) in [6.07, 6.45) is 7.80. The number of nitrogens with zero attached hydrogens (tertiary/aromatic N) is 4. The van der Waals surface area contributed by atoms with Crippen LogP contribution in [0.5, 0.6) is 5.88 Å². The summed E-state index contributed by atoms with van der Waals surface area (Å²) in [5, 5.41) is 6.83. The first kappa shape index (κ1) is 16.5. The summed E-state index contributed by atoms with van der Waals surface area (Å²) >= 11 is 0. The molecule has 2 aromatic rings. The van der Waals surface area contributed by atoms with E-state index in [9.17, 15) is 8.42 Å². The average molecular weight is 363 g/mol. The van der Waals surface area contributed by atoms with Gasteiger partial charge in [0, 0.05) is 37.3 Å². The van der Waals surface area contributed by atoms with Crippen LogP contribution in [-0.4, -0.2) is 51.1 Å². The first-order chi connectivity index (χ1) is 12.0. The molecule has 8 nitrogen and oxygen atoms in total. The van der Waals surface area contributed by atoms with E-state index >= 15 is 0 Å². The van der Waals surface area contributed by atoms with Gasteiger partial charge in [0.2, 0.25) is 15.9 Å². The highest BCUT2D eigenvalue weighted by Gasteiger charge is 2.49. The van der Waals surface area contributed by atoms with Crippen LogP contribution in [-0.2, 0) is 10.0 Å². The summed E-state index contributed by atoms with van der Waals surface area (Å²) in [6.45, 7) is 3.47. The molecule has 2 aliphatic heterocycles. The fourth-order valence-corrected chi connectivity index (χ4v) is 6.35. The van der Waals surface area contributed by atoms with Crippen molar-refractivity contribution in [3.05, 3.63) is 30.0 Å². The van der Waals surface area contributed by atoms with Crippen LogP contribution in [0, 0.1) is 13.8 Å². The van der Waals surface area contributed by atoms with Gasteiger partial charge in [0.05, 0.1) is 17.6 Å². The summed E-state index contributed by atoms with van der Waals surface area (Å²) in [4.78, 5) is 8.47. The summed E-state index contributed by atoms with van der Waals surface area (Å²) in [7, 11) is -3.56. The predicted molar refractivity (Wildman–Crippen MR) is 89.6 cm³/mol. The topological polar surface area (TPSA) is 101 Å². The number of hydrogen-bond acceptors (Lipinski definition) is 6. The third kappa shape index (κ3) is 2.81. The van der Waals surface area contributed by atoms with E-state index in [-0.39, 0.29) is 18.2 Å². The Hall–Kier alpha value is -2.00. The van der Waals surface area contributed by atoms with Crippen LogP contribution < -0.4 is 4.74 Å². The number of fused-ring (bicyclic) bond motifs is 2. The van der Waals surface area contributed by atoms with E-state index in [0.29, 0.717) is 35.0 Å². The third-order valence-corrected chi connectivity index (χ3v) is 7.31. The van der Waals surface area contributed by atoms with E-state index in [2.05, 4.69) is 20.2 Å². The van der Waals surface area contributed by atoms with Gasteiger partial charge in [-0.2, -0.15) is 9.40 Å². The van der Waals surface area contributed by atoms with Gasteiger partial charge in [-0.05, 0) is 26.7 Å². The number of sulfonamides is 1. The lowest BCUT2D eigenvalue weighted by Gasteiger charge is -2.37. The summed E-state index contributed by atoms with van der Waals surface area (Å²) in [5.74, 6) is 0.490. The Balaban J connectivity index is 1.57. The van der Waals surface area contributed by atoms with Crippen molar-refractivity contribution in [2.75, 3.05) is 0 Å². The van der Waals surface area contributed by atoms with Gasteiger partial charge in [0.25, 0.3) is 0 Å². The number of aryl methyl sites for hydroxylation is 2. The molecule has 2 bridgehead atoms. The largest absolute Gasteiger partial charge is 0.473 e. The van der Waals surface area contributed by atoms with Gasteiger partial charge in [-0.3, -0.25) is 10.1 Å². The number of nitrogens with one attached hydrogen (secondary N) is 1. The Kier molecular flexibility index (Phi) is 3.99. The number of hydrogen-bond donors (Lipinski definition) is 1. The smallest absolute Gasteiger partial charge is 0.247 e. The summed E-state index contributed by atoms with van der Waals surface area (Å²) in [5.41, 5.74) is 1.12. The maximum Gasteiger partial charge on any atom is 0.247 e. The molecule has 0 amide bonds. The zero-order chi connectivity index (χ0) is 17.6. The fraction of sp³-hybridized carbons (Fsp3) is 0.562. The van der Waals surface area contributed by atoms with Crippen molar-refractivity contribution in [1.82, 2.24) is 24.5 Å². The number of aromatic amines is 1. The Bertz CT molecular complexity index is 834. The Morgan fingerprint density at radius 1 is 1.20 bits per heavy atom. The summed E-state index contributed by atoms with van der Waals surface area (Å²) in [6, 6.07) is -0.0850. The molecule has 4 heterocycles. The molecule has 0 aliphatic carbocycles. The molecular weight excluding hydrogens is 342 g/mol. The number of ether oxygens (including phenoxy) is 1. The maximum atomic E-state index is 13.2. The van der Waals surface area contributed by atoms with Crippen molar-refractivity contribution < 1.29 is 13.2 Å². The van der Waals surface area contributed by atoms with Gasteiger partial charge in [-0.1, -0.05) is 0 Å². The van der Waals surface area contributed by atoms with Crippen molar-refractivity contribution in [2.24, 2.45) is 0 Å². The van der Waals surface area contributed by atoms with Gasteiger partial charge in [-0.15, -0.1) is 0 Å². The second kappa shape index (κ2) is 6.06. The Labute approximate surface area is 146 Å². The molecular formula is C16H21N5O3S. The quantitative estimate of drug-likeness (QED) is 0.885. The normalized spacial score (nSPS) is 26.7. The van der Waals surface area contributed by atoms with Gasteiger partial charge in [0.15, 0.2) is 0 Å². The van der Waals surface area contributed by atoms with Gasteiger partial charge < -0.3 is 4.74 Å². The van der Waals surface area contributed by atoms with Gasteiger partial charge in [-0.25, -0.2) is 13.4 Å². The SMILES string of the molecule is Cc1n[nH]c(C)c1S(=O)(=O)N1[C@@H]2CC[C@H]1C[C@H](Oc1cnccn1)C2. The molecule has 0 unspecified atom stereocenters. The first-order valence-corrected chi connectivity index (χ1v) is 9.88. The standard InChI is InChI=1S/C16H21N5O3S/c1-10-16(11(2)20-19-10)25(22,23)21-12-3-4-13(21)8-14(7-12)24-15-9-17-5-6-18-15/h5-6,9,12-14H,3-4,7-8H2,1-2H3,(H,19,20)/t12-,13+,14-. The van der Waals surface area contributed by atoms with Crippen molar-refractivity contribution in [2.45, 2.75) is 62.6 Å². The fourth-order valence-electron chi connectivity index (χ4n) is 4.12. The van der Waals surface area contributed by atoms with Gasteiger partial charge in [0.1, 0.15) is 11.0 Å². The van der Waals surface area contributed by atoms with E-state index in [0.717, 1.165) is 12.8 Å². The molecule has 2 aliphatic rings. The van der Waals surface area contributed by atoms with Crippen molar-refractivity contribution in [3.63, 3.8) is 0 Å². The van der Waals surface area contributed by atoms with E-state index in [1.54, 1.807) is 36.7 Å². The molecule has 0 spiro atoms. The maximum absolute atomic E-state index is 13.2. The zero-order valence-corrected chi connectivity index (χ0v) is 15.0. The van der Waals surface area contributed by atoms with Crippen LogP contribution >= 0.6 is 0 Å². The minimum absolute atomic E-state index is 0.0350. The molecule has 1 N–H and O–H groups in total. The molecule has 134 valence electrons. The van der Waals surface area contributed by atoms with E-state index in [4.69, 9.17) is 4.74 Å². The molecule has 0 saturated carbocycles. The highest BCUT2D eigenvalue weighted by Crippen LogP contribution is 2.41. The van der Waals surface area contributed by atoms with E-state index < -0.39 is 10.0 Å². The molecule has 9 heteroatoms. The lowest BCUT2D eigenvalue weighted by molar-refractivity contribution is 0.0914. The monoisotopic (exact) mass is 363 g/mol. The molecule has 0 aromatic carbocycles. The number of aromatic nitrogens is 4. The molecule has 2 saturated heterocycles. The molecule has 4 rings (SSSR count).